The van der Waals surface area contributed by atoms with Gasteiger partial charge in [0.1, 0.15) is 5.75 Å². The van der Waals surface area contributed by atoms with Crippen molar-refractivity contribution >= 4 is 40.2 Å². The lowest BCUT2D eigenvalue weighted by molar-refractivity contribution is -0.139. The maximum absolute atomic E-state index is 13.5. The second kappa shape index (κ2) is 13.9. The number of esters is 1. The maximum Gasteiger partial charge on any atom is 0.324 e. The van der Waals surface area contributed by atoms with Crippen LogP contribution in [0.25, 0.3) is 0 Å². The van der Waals surface area contributed by atoms with Gasteiger partial charge in [0.15, 0.2) is 5.13 Å². The monoisotopic (exact) mass is 531 g/mol. The molecule has 1 heterocycles. The van der Waals surface area contributed by atoms with Crippen LogP contribution in [0.2, 0.25) is 0 Å². The summed E-state index contributed by atoms with van der Waals surface area (Å²) in [5.41, 5.74) is 0. The molecule has 7 nitrogen and oxygen atoms in total. The van der Waals surface area contributed by atoms with Gasteiger partial charge in [0, 0.05) is 12.1 Å². The van der Waals surface area contributed by atoms with Gasteiger partial charge in [-0.25, -0.2) is 9.78 Å². The molecule has 0 unspecified atom stereocenters. The van der Waals surface area contributed by atoms with Gasteiger partial charge >= 0.3 is 12.0 Å². The van der Waals surface area contributed by atoms with E-state index in [0.717, 1.165) is 55.1 Å². The summed E-state index contributed by atoms with van der Waals surface area (Å²) in [7, 11) is 0. The zero-order chi connectivity index (χ0) is 25.2. The molecule has 2 aliphatic carbocycles. The highest BCUT2D eigenvalue weighted by Crippen LogP contribution is 2.34. The average Bonchev–Trinajstić information content (AvgIpc) is 3.36. The normalized spacial score (nSPS) is 20.5. The highest BCUT2D eigenvalue weighted by molar-refractivity contribution is 8.01. The molecular weight excluding hydrogens is 494 g/mol. The maximum atomic E-state index is 13.5. The molecule has 2 aliphatic rings. The van der Waals surface area contributed by atoms with Crippen molar-refractivity contribution in [2.75, 3.05) is 24.3 Å². The number of amides is 2. The van der Waals surface area contributed by atoms with Crippen LogP contribution in [0.4, 0.5) is 9.93 Å². The first kappa shape index (κ1) is 26.8. The van der Waals surface area contributed by atoms with Crippen molar-refractivity contribution in [1.29, 1.82) is 0 Å². The van der Waals surface area contributed by atoms with Crippen molar-refractivity contribution in [3.63, 3.8) is 0 Å². The van der Waals surface area contributed by atoms with Crippen LogP contribution in [-0.4, -0.2) is 52.9 Å². The van der Waals surface area contributed by atoms with Crippen molar-refractivity contribution in [2.24, 2.45) is 5.92 Å². The zero-order valence-corrected chi connectivity index (χ0v) is 22.7. The van der Waals surface area contributed by atoms with Gasteiger partial charge in [0.2, 0.25) is 0 Å². The molecule has 2 aromatic rings. The summed E-state index contributed by atoms with van der Waals surface area (Å²) >= 11 is 2.79. The summed E-state index contributed by atoms with van der Waals surface area (Å²) in [6.07, 6.45) is 11.6. The van der Waals surface area contributed by atoms with Gasteiger partial charge in [-0.2, -0.15) is 0 Å². The van der Waals surface area contributed by atoms with Crippen molar-refractivity contribution in [2.45, 2.75) is 81.0 Å². The van der Waals surface area contributed by atoms with Crippen LogP contribution in [0.15, 0.2) is 40.7 Å². The highest BCUT2D eigenvalue weighted by atomic mass is 32.2. The Hall–Kier alpha value is -2.26. The number of urea groups is 1. The van der Waals surface area contributed by atoms with E-state index in [1.165, 1.54) is 42.4 Å². The molecular formula is C27H37N3O4S2. The molecule has 4 rings (SSSR count). The number of rotatable bonds is 10. The Labute approximate surface area is 222 Å². The van der Waals surface area contributed by atoms with E-state index in [9.17, 15) is 9.59 Å². The molecule has 0 radical (unpaired) electrons. The van der Waals surface area contributed by atoms with Crippen molar-refractivity contribution in [1.82, 2.24) is 9.88 Å². The second-order valence-electron chi connectivity index (χ2n) is 9.51. The van der Waals surface area contributed by atoms with Crippen molar-refractivity contribution in [3.05, 3.63) is 36.5 Å². The largest absolute Gasteiger partial charge is 0.493 e. The van der Waals surface area contributed by atoms with E-state index < -0.39 is 0 Å². The summed E-state index contributed by atoms with van der Waals surface area (Å²) in [6, 6.07) is 10.5. The zero-order valence-electron chi connectivity index (χ0n) is 21.0. The number of thioether (sulfide) groups is 1. The molecule has 0 aliphatic heterocycles. The van der Waals surface area contributed by atoms with E-state index in [2.05, 4.69) is 15.2 Å². The van der Waals surface area contributed by atoms with E-state index in [1.807, 2.05) is 30.3 Å². The predicted molar refractivity (Wildman–Crippen MR) is 145 cm³/mol. The van der Waals surface area contributed by atoms with E-state index in [-0.39, 0.29) is 23.8 Å². The van der Waals surface area contributed by atoms with E-state index in [1.54, 1.807) is 13.1 Å². The molecule has 196 valence electrons. The standard InChI is InChI=1S/C27H37N3O4S2/c1-2-33-24(31)19-35-25-17-28-26(36-25)29-27(32)30(21-9-5-3-6-10-21)22-15-13-20(14-16-22)18-34-23-11-7-4-8-12-23/h4,7-8,11-12,17,20-22H,2-3,5-6,9-10,13-16,18-19H2,1H3,(H,28,29,32)/t20-,22-. The van der Waals surface area contributed by atoms with Gasteiger partial charge in [-0.3, -0.25) is 10.1 Å². The number of thiazole rings is 1. The molecule has 2 fully saturated rings. The van der Waals surface area contributed by atoms with E-state index >= 15 is 0 Å². The van der Waals surface area contributed by atoms with Gasteiger partial charge in [-0.05, 0) is 63.5 Å². The lowest BCUT2D eigenvalue weighted by atomic mass is 9.84. The summed E-state index contributed by atoms with van der Waals surface area (Å²) in [5, 5.41) is 3.65. The molecule has 36 heavy (non-hydrogen) atoms. The Morgan fingerprint density at radius 2 is 1.78 bits per heavy atom. The molecule has 2 amide bonds. The van der Waals surface area contributed by atoms with Crippen molar-refractivity contribution < 1.29 is 19.1 Å². The van der Waals surface area contributed by atoms with Crippen LogP contribution in [0.3, 0.4) is 0 Å². The molecule has 0 spiro atoms. The SMILES string of the molecule is CCOC(=O)CSc1cnc(NC(=O)N(C2CCCCC2)[C@H]2CC[C@H](COc3ccccc3)CC2)s1. The van der Waals surface area contributed by atoms with Crippen molar-refractivity contribution in [3.8, 4) is 5.75 Å². The predicted octanol–water partition coefficient (Wildman–Crippen LogP) is 6.60. The van der Waals surface area contributed by atoms with E-state index in [0.29, 0.717) is 23.7 Å². The lowest BCUT2D eigenvalue weighted by Gasteiger charge is -2.42. The third-order valence-electron chi connectivity index (χ3n) is 6.98. The van der Waals surface area contributed by atoms with Crippen LogP contribution in [-0.2, 0) is 9.53 Å². The number of hydrogen-bond donors (Lipinski definition) is 1. The summed E-state index contributed by atoms with van der Waals surface area (Å²) in [5.74, 6) is 1.45. The van der Waals surface area contributed by atoms with Gasteiger partial charge in [0.25, 0.3) is 0 Å². The van der Waals surface area contributed by atoms with E-state index in [4.69, 9.17) is 9.47 Å². The first-order valence-electron chi connectivity index (χ1n) is 13.1. The minimum absolute atomic E-state index is 0.0396. The van der Waals surface area contributed by atoms with Gasteiger partial charge in [-0.15, -0.1) is 11.8 Å². The quantitative estimate of drug-likeness (QED) is 0.275. The second-order valence-corrected chi connectivity index (χ2v) is 11.8. The first-order valence-corrected chi connectivity index (χ1v) is 14.9. The van der Waals surface area contributed by atoms with Crippen LogP contribution in [0.5, 0.6) is 5.75 Å². The third kappa shape index (κ3) is 7.87. The smallest absolute Gasteiger partial charge is 0.324 e. The number of ether oxygens (including phenoxy) is 2. The number of benzene rings is 1. The molecule has 0 bridgehead atoms. The summed E-state index contributed by atoms with van der Waals surface area (Å²) in [4.78, 5) is 31.7. The van der Waals surface area contributed by atoms with Gasteiger partial charge < -0.3 is 14.4 Å². The Morgan fingerprint density at radius 1 is 1.06 bits per heavy atom. The summed E-state index contributed by atoms with van der Waals surface area (Å²) in [6.45, 7) is 2.91. The Kier molecular flexibility index (Phi) is 10.3. The van der Waals surface area contributed by atoms with Gasteiger partial charge in [-0.1, -0.05) is 48.8 Å². The number of carbonyl (C=O) groups is 2. The number of para-hydroxylation sites is 1. The average molecular weight is 532 g/mol. The number of carbonyl (C=O) groups excluding carboxylic acids is 2. The van der Waals surface area contributed by atoms with Crippen LogP contribution >= 0.6 is 23.1 Å². The number of nitrogens with zero attached hydrogens (tertiary/aromatic N) is 2. The van der Waals surface area contributed by atoms with Crippen LogP contribution < -0.4 is 10.1 Å². The highest BCUT2D eigenvalue weighted by Gasteiger charge is 2.34. The minimum atomic E-state index is -0.241. The fourth-order valence-electron chi connectivity index (χ4n) is 5.18. The molecule has 0 atom stereocenters. The molecule has 1 aromatic carbocycles. The fraction of sp³-hybridized carbons (Fsp3) is 0.593. The first-order chi connectivity index (χ1) is 17.6. The molecule has 2 saturated carbocycles. The minimum Gasteiger partial charge on any atom is -0.493 e. The Morgan fingerprint density at radius 3 is 2.50 bits per heavy atom. The number of anilines is 1. The topological polar surface area (TPSA) is 80.8 Å². The lowest BCUT2D eigenvalue weighted by Crippen LogP contribution is -2.51. The summed E-state index contributed by atoms with van der Waals surface area (Å²) < 4.78 is 11.9. The fourth-order valence-corrected chi connectivity index (χ4v) is 6.84. The van der Waals surface area contributed by atoms with Crippen LogP contribution in [0.1, 0.15) is 64.7 Å². The van der Waals surface area contributed by atoms with Gasteiger partial charge in [0.05, 0.1) is 29.4 Å². The molecule has 1 N–H and O–H groups in total. The molecule has 9 heteroatoms. The number of nitrogens with one attached hydrogen (secondary N) is 1. The Bertz CT molecular complexity index is 957. The Balaban J connectivity index is 1.32. The molecule has 0 saturated heterocycles. The van der Waals surface area contributed by atoms with Crippen LogP contribution in [0, 0.1) is 5.92 Å². The number of hydrogen-bond acceptors (Lipinski definition) is 7. The molecule has 1 aromatic heterocycles. The number of aromatic nitrogens is 1. The third-order valence-corrected chi connectivity index (χ3v) is 9.06.